The van der Waals surface area contributed by atoms with Crippen LogP contribution in [0.3, 0.4) is 0 Å². The van der Waals surface area contributed by atoms with Crippen molar-refractivity contribution in [2.75, 3.05) is 9.62 Å². The van der Waals surface area contributed by atoms with Crippen LogP contribution in [-0.4, -0.2) is 14.8 Å². The Balaban J connectivity index is 1.47. The van der Waals surface area contributed by atoms with Crippen molar-refractivity contribution < 1.29 is 12.8 Å². The summed E-state index contributed by atoms with van der Waals surface area (Å²) in [5, 5.41) is 0. The summed E-state index contributed by atoms with van der Waals surface area (Å²) >= 11 is 0. The summed E-state index contributed by atoms with van der Waals surface area (Å²) in [7, 11) is -3.66. The van der Waals surface area contributed by atoms with Crippen molar-refractivity contribution in [3.8, 4) is 0 Å². The molecule has 7 nitrogen and oxygen atoms in total. The summed E-state index contributed by atoms with van der Waals surface area (Å²) in [6.07, 6.45) is 5.88. The van der Waals surface area contributed by atoms with Crippen molar-refractivity contribution in [2.24, 2.45) is 10.7 Å². The van der Waals surface area contributed by atoms with Gasteiger partial charge in [0, 0.05) is 11.4 Å². The van der Waals surface area contributed by atoms with Crippen molar-refractivity contribution in [3.63, 3.8) is 0 Å². The van der Waals surface area contributed by atoms with Crippen LogP contribution in [0, 0.1) is 0 Å². The number of unbranched alkanes of at least 4 members (excludes halogenated alkanes) is 1. The van der Waals surface area contributed by atoms with Gasteiger partial charge in [-0.25, -0.2) is 13.4 Å². The van der Waals surface area contributed by atoms with Gasteiger partial charge < -0.3 is 15.1 Å². The highest BCUT2D eigenvalue weighted by Crippen LogP contribution is 2.34. The molecule has 1 aliphatic heterocycles. The summed E-state index contributed by atoms with van der Waals surface area (Å²) in [5.74, 6) is 0.504. The Morgan fingerprint density at radius 1 is 1.10 bits per heavy atom. The molecule has 0 spiro atoms. The standard InChI is InChI=1S/C22H24N4O3S/c1-2-3-4-16-5-11-19(12-6-16)30(27,28)25-17-7-9-18(10-8-17)26-15-24-22-20(21(26)23)13-14-29-22/h5-15,21,25H,2-4,23H2,1H3. The van der Waals surface area contributed by atoms with Crippen LogP contribution in [0.5, 0.6) is 0 Å². The highest BCUT2D eigenvalue weighted by Gasteiger charge is 2.24. The SMILES string of the molecule is CCCCc1ccc(S(=O)(=O)Nc2ccc(N3C=Nc4occc4C3N)cc2)cc1. The number of sulfonamides is 1. The highest BCUT2D eigenvalue weighted by atomic mass is 32.2. The van der Waals surface area contributed by atoms with E-state index < -0.39 is 16.2 Å². The number of hydrogen-bond acceptors (Lipinski definition) is 6. The second-order valence-electron chi connectivity index (χ2n) is 7.18. The highest BCUT2D eigenvalue weighted by molar-refractivity contribution is 7.92. The Morgan fingerprint density at radius 2 is 1.83 bits per heavy atom. The summed E-state index contributed by atoms with van der Waals surface area (Å²) in [4.78, 5) is 6.29. The molecule has 2 heterocycles. The maximum atomic E-state index is 12.7. The van der Waals surface area contributed by atoms with E-state index in [0.29, 0.717) is 11.6 Å². The lowest BCUT2D eigenvalue weighted by atomic mass is 10.1. The normalized spacial score (nSPS) is 15.8. The van der Waals surface area contributed by atoms with Gasteiger partial charge >= 0.3 is 0 Å². The van der Waals surface area contributed by atoms with Gasteiger partial charge in [0.25, 0.3) is 10.0 Å². The predicted octanol–water partition coefficient (Wildman–Crippen LogP) is 4.56. The van der Waals surface area contributed by atoms with Gasteiger partial charge in [-0.3, -0.25) is 4.72 Å². The van der Waals surface area contributed by atoms with Crippen molar-refractivity contribution in [3.05, 3.63) is 72.0 Å². The third-order valence-electron chi connectivity index (χ3n) is 5.06. The topological polar surface area (TPSA) is 101 Å². The van der Waals surface area contributed by atoms with Gasteiger partial charge in [-0.2, -0.15) is 0 Å². The van der Waals surface area contributed by atoms with E-state index in [9.17, 15) is 8.42 Å². The molecule has 0 amide bonds. The lowest BCUT2D eigenvalue weighted by Crippen LogP contribution is -2.35. The molecule has 1 atom stereocenters. The molecule has 1 aliphatic rings. The number of nitrogens with zero attached hydrogens (tertiary/aromatic N) is 2. The molecule has 3 N–H and O–H groups in total. The fourth-order valence-electron chi connectivity index (χ4n) is 3.34. The van der Waals surface area contributed by atoms with Crippen LogP contribution in [-0.2, 0) is 16.4 Å². The van der Waals surface area contributed by atoms with E-state index in [-0.39, 0.29) is 4.90 Å². The Labute approximate surface area is 176 Å². The lowest BCUT2D eigenvalue weighted by Gasteiger charge is -2.29. The number of aliphatic imine (C=N–C) groups is 1. The second-order valence-corrected chi connectivity index (χ2v) is 8.86. The van der Waals surface area contributed by atoms with E-state index in [0.717, 1.165) is 36.1 Å². The van der Waals surface area contributed by atoms with Crippen LogP contribution in [0.1, 0.15) is 37.1 Å². The largest absolute Gasteiger partial charge is 0.446 e. The summed E-state index contributed by atoms with van der Waals surface area (Å²) < 4.78 is 33.3. The summed E-state index contributed by atoms with van der Waals surface area (Å²) in [6.45, 7) is 2.13. The first-order chi connectivity index (χ1) is 14.5. The van der Waals surface area contributed by atoms with Crippen LogP contribution in [0.25, 0.3) is 0 Å². The minimum Gasteiger partial charge on any atom is -0.446 e. The number of fused-ring (bicyclic) bond motifs is 1. The van der Waals surface area contributed by atoms with Crippen molar-refractivity contribution in [1.29, 1.82) is 0 Å². The third-order valence-corrected chi connectivity index (χ3v) is 6.46. The Morgan fingerprint density at radius 3 is 2.53 bits per heavy atom. The van der Waals surface area contributed by atoms with Crippen molar-refractivity contribution in [2.45, 2.75) is 37.2 Å². The molecular weight excluding hydrogens is 400 g/mol. The molecule has 3 aromatic rings. The fraction of sp³-hybridized carbons (Fsp3) is 0.227. The van der Waals surface area contributed by atoms with E-state index in [1.165, 1.54) is 0 Å². The molecule has 30 heavy (non-hydrogen) atoms. The first-order valence-corrected chi connectivity index (χ1v) is 11.3. The van der Waals surface area contributed by atoms with Gasteiger partial charge in [0.05, 0.1) is 16.7 Å². The Bertz CT molecular complexity index is 1140. The quantitative estimate of drug-likeness (QED) is 0.579. The number of anilines is 2. The first-order valence-electron chi connectivity index (χ1n) is 9.85. The smallest absolute Gasteiger partial charge is 0.261 e. The number of aryl methyl sites for hydroxylation is 1. The molecule has 156 valence electrons. The zero-order valence-electron chi connectivity index (χ0n) is 16.7. The molecule has 8 heteroatoms. The summed E-state index contributed by atoms with van der Waals surface area (Å²) in [5.41, 5.74) is 9.49. The van der Waals surface area contributed by atoms with E-state index in [1.807, 2.05) is 12.1 Å². The second kappa shape index (κ2) is 8.33. The number of nitrogens with two attached hydrogens (primary N) is 1. The van der Waals surface area contributed by atoms with Gasteiger partial charge in [-0.05, 0) is 60.9 Å². The van der Waals surface area contributed by atoms with Gasteiger partial charge in [0.1, 0.15) is 12.5 Å². The Hall–Kier alpha value is -3.10. The van der Waals surface area contributed by atoms with Crippen LogP contribution >= 0.6 is 0 Å². The van der Waals surface area contributed by atoms with Crippen molar-refractivity contribution in [1.82, 2.24) is 0 Å². The molecule has 0 saturated heterocycles. The molecule has 1 unspecified atom stereocenters. The van der Waals surface area contributed by atoms with Crippen LogP contribution in [0.4, 0.5) is 17.3 Å². The molecule has 0 radical (unpaired) electrons. The number of benzene rings is 2. The first kappa shape index (κ1) is 20.2. The van der Waals surface area contributed by atoms with Crippen molar-refractivity contribution >= 4 is 33.6 Å². The monoisotopic (exact) mass is 424 g/mol. The number of hydrogen-bond donors (Lipinski definition) is 2. The van der Waals surface area contributed by atoms with Gasteiger partial charge in [-0.15, -0.1) is 0 Å². The van der Waals surface area contributed by atoms with Crippen LogP contribution in [0.15, 0.2) is 75.2 Å². The van der Waals surface area contributed by atoms with Crippen LogP contribution in [0.2, 0.25) is 0 Å². The molecule has 0 saturated carbocycles. The van der Waals surface area contributed by atoms with Gasteiger partial charge in [0.15, 0.2) is 0 Å². The fourth-order valence-corrected chi connectivity index (χ4v) is 4.40. The molecular formula is C22H24N4O3S. The van der Waals surface area contributed by atoms with E-state index >= 15 is 0 Å². The molecule has 4 rings (SSSR count). The Kier molecular flexibility index (Phi) is 5.61. The van der Waals surface area contributed by atoms with E-state index in [1.54, 1.807) is 60.0 Å². The van der Waals surface area contributed by atoms with Crippen LogP contribution < -0.4 is 15.4 Å². The van der Waals surface area contributed by atoms with Gasteiger partial charge in [0.2, 0.25) is 5.88 Å². The summed E-state index contributed by atoms with van der Waals surface area (Å²) in [6, 6.07) is 15.8. The predicted molar refractivity (Wildman–Crippen MR) is 119 cm³/mol. The average Bonchev–Trinajstić information content (AvgIpc) is 3.23. The molecule has 0 fully saturated rings. The number of rotatable bonds is 7. The number of furan rings is 1. The minimum absolute atomic E-state index is 0.240. The average molecular weight is 425 g/mol. The number of nitrogens with one attached hydrogen (secondary N) is 1. The van der Waals surface area contributed by atoms with E-state index in [2.05, 4.69) is 16.6 Å². The zero-order valence-corrected chi connectivity index (χ0v) is 17.5. The maximum absolute atomic E-state index is 12.7. The molecule has 2 aromatic carbocycles. The molecule has 0 bridgehead atoms. The zero-order chi connectivity index (χ0) is 21.1. The lowest BCUT2D eigenvalue weighted by molar-refractivity contribution is 0.567. The minimum atomic E-state index is -3.66. The maximum Gasteiger partial charge on any atom is 0.261 e. The third kappa shape index (κ3) is 4.10. The van der Waals surface area contributed by atoms with Gasteiger partial charge in [-0.1, -0.05) is 25.5 Å². The molecule has 1 aromatic heterocycles. The van der Waals surface area contributed by atoms with E-state index in [4.69, 9.17) is 10.2 Å². The molecule has 0 aliphatic carbocycles.